The van der Waals surface area contributed by atoms with Gasteiger partial charge in [0.25, 0.3) is 0 Å². The van der Waals surface area contributed by atoms with Crippen LogP contribution in [0.3, 0.4) is 0 Å². The first kappa shape index (κ1) is 13.7. The molecule has 1 aromatic carbocycles. The maximum Gasteiger partial charge on any atom is 0.220 e. The molecular formula is C12H15Br2NO. The zero-order valence-corrected chi connectivity index (χ0v) is 12.2. The van der Waals surface area contributed by atoms with Gasteiger partial charge in [0.05, 0.1) is 0 Å². The third-order valence-corrected chi connectivity index (χ3v) is 3.56. The number of nitrogens with one attached hydrogen (secondary N) is 1. The maximum absolute atomic E-state index is 11.5. The molecule has 0 aliphatic carbocycles. The number of rotatable bonds is 6. The fraction of sp³-hybridized carbons (Fsp3) is 0.417. The number of carbonyl (C=O) groups excluding carboxylic acids is 1. The highest BCUT2D eigenvalue weighted by Crippen LogP contribution is 2.15. The van der Waals surface area contributed by atoms with E-state index in [1.807, 2.05) is 24.3 Å². The zero-order valence-electron chi connectivity index (χ0n) is 9.01. The van der Waals surface area contributed by atoms with Crippen molar-refractivity contribution in [1.29, 1.82) is 0 Å². The lowest BCUT2D eigenvalue weighted by Crippen LogP contribution is -2.22. The van der Waals surface area contributed by atoms with Crippen LogP contribution in [0.5, 0.6) is 0 Å². The molecule has 0 aliphatic heterocycles. The van der Waals surface area contributed by atoms with Gasteiger partial charge >= 0.3 is 0 Å². The van der Waals surface area contributed by atoms with E-state index in [-0.39, 0.29) is 5.91 Å². The van der Waals surface area contributed by atoms with Crippen molar-refractivity contribution in [2.45, 2.75) is 25.8 Å². The van der Waals surface area contributed by atoms with E-state index >= 15 is 0 Å². The molecule has 0 unspecified atom stereocenters. The van der Waals surface area contributed by atoms with Gasteiger partial charge in [-0.25, -0.2) is 0 Å². The van der Waals surface area contributed by atoms with E-state index in [4.69, 9.17) is 0 Å². The molecule has 0 aliphatic rings. The topological polar surface area (TPSA) is 29.1 Å². The van der Waals surface area contributed by atoms with Crippen molar-refractivity contribution in [2.24, 2.45) is 0 Å². The van der Waals surface area contributed by atoms with E-state index in [0.29, 0.717) is 13.0 Å². The highest BCUT2D eigenvalue weighted by molar-refractivity contribution is 9.10. The number of unbranched alkanes of at least 4 members (excludes halogenated alkanes) is 1. The fourth-order valence-electron chi connectivity index (χ4n) is 1.30. The fourth-order valence-corrected chi connectivity index (χ4v) is 2.13. The normalized spacial score (nSPS) is 10.1. The summed E-state index contributed by atoms with van der Waals surface area (Å²) in [6.07, 6.45) is 2.59. The summed E-state index contributed by atoms with van der Waals surface area (Å²) in [5.41, 5.74) is 1.11. The molecule has 0 bridgehead atoms. The van der Waals surface area contributed by atoms with E-state index < -0.39 is 0 Å². The van der Waals surface area contributed by atoms with Crippen LogP contribution in [0.15, 0.2) is 28.7 Å². The summed E-state index contributed by atoms with van der Waals surface area (Å²) in [6.45, 7) is 0.592. The number of benzene rings is 1. The molecule has 0 fully saturated rings. The van der Waals surface area contributed by atoms with Gasteiger partial charge in [0.15, 0.2) is 0 Å². The van der Waals surface area contributed by atoms with Crippen LogP contribution < -0.4 is 5.32 Å². The standard InChI is InChI=1S/C12H15Br2NO/c13-8-4-3-7-12(16)15-9-10-5-1-2-6-11(10)14/h1-2,5-6H,3-4,7-9H2,(H,15,16). The van der Waals surface area contributed by atoms with Crippen LogP contribution in [-0.4, -0.2) is 11.2 Å². The van der Waals surface area contributed by atoms with Crippen molar-refractivity contribution in [3.05, 3.63) is 34.3 Å². The number of carbonyl (C=O) groups is 1. The molecule has 88 valence electrons. The van der Waals surface area contributed by atoms with Crippen LogP contribution >= 0.6 is 31.9 Å². The first-order valence-corrected chi connectivity index (χ1v) is 7.21. The van der Waals surface area contributed by atoms with Gasteiger partial charge in [-0.1, -0.05) is 50.1 Å². The lowest BCUT2D eigenvalue weighted by molar-refractivity contribution is -0.121. The first-order chi connectivity index (χ1) is 7.74. The van der Waals surface area contributed by atoms with Crippen LogP contribution in [0.2, 0.25) is 0 Å². The molecule has 16 heavy (non-hydrogen) atoms. The number of hydrogen-bond donors (Lipinski definition) is 1. The minimum Gasteiger partial charge on any atom is -0.352 e. The molecule has 0 atom stereocenters. The molecule has 0 spiro atoms. The predicted octanol–water partition coefficient (Wildman–Crippen LogP) is 3.63. The quantitative estimate of drug-likeness (QED) is 0.617. The van der Waals surface area contributed by atoms with Crippen molar-refractivity contribution in [3.63, 3.8) is 0 Å². The Labute approximate surface area is 113 Å². The summed E-state index contributed by atoms with van der Waals surface area (Å²) >= 11 is 6.80. The van der Waals surface area contributed by atoms with Gasteiger partial charge in [-0.05, 0) is 24.5 Å². The highest BCUT2D eigenvalue weighted by atomic mass is 79.9. The Morgan fingerprint density at radius 1 is 1.25 bits per heavy atom. The Morgan fingerprint density at radius 2 is 2.00 bits per heavy atom. The van der Waals surface area contributed by atoms with Gasteiger partial charge in [-0.3, -0.25) is 4.79 Å². The predicted molar refractivity (Wildman–Crippen MR) is 73.6 cm³/mol. The second kappa shape index (κ2) is 7.85. The first-order valence-electron chi connectivity index (χ1n) is 5.30. The second-order valence-corrected chi connectivity index (χ2v) is 5.16. The van der Waals surface area contributed by atoms with E-state index in [0.717, 1.165) is 28.2 Å². The number of halogens is 2. The van der Waals surface area contributed by atoms with Gasteiger partial charge in [0.1, 0.15) is 0 Å². The minimum absolute atomic E-state index is 0.122. The number of hydrogen-bond acceptors (Lipinski definition) is 1. The van der Waals surface area contributed by atoms with Crippen molar-refractivity contribution in [2.75, 3.05) is 5.33 Å². The SMILES string of the molecule is O=C(CCCCBr)NCc1ccccc1Br. The van der Waals surface area contributed by atoms with E-state index in [2.05, 4.69) is 37.2 Å². The van der Waals surface area contributed by atoms with E-state index in [9.17, 15) is 4.79 Å². The molecule has 4 heteroatoms. The van der Waals surface area contributed by atoms with Crippen LogP contribution in [0.1, 0.15) is 24.8 Å². The molecule has 0 aromatic heterocycles. The Hall–Kier alpha value is -0.350. The third-order valence-electron chi connectivity index (χ3n) is 2.22. The van der Waals surface area contributed by atoms with Crippen LogP contribution in [0.25, 0.3) is 0 Å². The van der Waals surface area contributed by atoms with Crippen molar-refractivity contribution < 1.29 is 4.79 Å². The third kappa shape index (κ3) is 5.12. The van der Waals surface area contributed by atoms with Gasteiger partial charge < -0.3 is 5.32 Å². The number of amides is 1. The summed E-state index contributed by atoms with van der Waals surface area (Å²) in [4.78, 5) is 11.5. The lowest BCUT2D eigenvalue weighted by Gasteiger charge is -2.06. The molecule has 0 radical (unpaired) electrons. The molecular weight excluding hydrogens is 334 g/mol. The molecule has 0 saturated heterocycles. The molecule has 1 aromatic rings. The Kier molecular flexibility index (Phi) is 6.73. The Bertz CT molecular complexity index is 342. The Balaban J connectivity index is 2.29. The van der Waals surface area contributed by atoms with Gasteiger partial charge in [-0.2, -0.15) is 0 Å². The smallest absolute Gasteiger partial charge is 0.220 e. The number of alkyl halides is 1. The largest absolute Gasteiger partial charge is 0.352 e. The van der Waals surface area contributed by atoms with Gasteiger partial charge in [-0.15, -0.1) is 0 Å². The Morgan fingerprint density at radius 3 is 2.69 bits per heavy atom. The van der Waals surface area contributed by atoms with Crippen molar-refractivity contribution in [3.8, 4) is 0 Å². The monoisotopic (exact) mass is 347 g/mol. The molecule has 2 nitrogen and oxygen atoms in total. The van der Waals surface area contributed by atoms with E-state index in [1.54, 1.807) is 0 Å². The van der Waals surface area contributed by atoms with Crippen LogP contribution in [-0.2, 0) is 11.3 Å². The van der Waals surface area contributed by atoms with Crippen LogP contribution in [0.4, 0.5) is 0 Å². The van der Waals surface area contributed by atoms with Crippen molar-refractivity contribution >= 4 is 37.8 Å². The summed E-state index contributed by atoms with van der Waals surface area (Å²) in [5, 5.41) is 3.88. The molecule has 1 N–H and O–H groups in total. The average molecular weight is 349 g/mol. The molecule has 0 saturated carbocycles. The summed E-state index contributed by atoms with van der Waals surface area (Å²) in [7, 11) is 0. The lowest BCUT2D eigenvalue weighted by atomic mass is 10.2. The van der Waals surface area contributed by atoms with Crippen molar-refractivity contribution in [1.82, 2.24) is 5.32 Å². The maximum atomic E-state index is 11.5. The molecule has 0 heterocycles. The average Bonchev–Trinajstić information content (AvgIpc) is 2.28. The molecule has 1 rings (SSSR count). The summed E-state index contributed by atoms with van der Waals surface area (Å²) in [5.74, 6) is 0.122. The second-order valence-electron chi connectivity index (χ2n) is 3.51. The van der Waals surface area contributed by atoms with Gasteiger partial charge in [0.2, 0.25) is 5.91 Å². The van der Waals surface area contributed by atoms with E-state index in [1.165, 1.54) is 0 Å². The highest BCUT2D eigenvalue weighted by Gasteiger charge is 2.02. The van der Waals surface area contributed by atoms with Crippen LogP contribution in [0, 0.1) is 0 Å². The molecule has 1 amide bonds. The summed E-state index contributed by atoms with van der Waals surface area (Å²) < 4.78 is 1.04. The zero-order chi connectivity index (χ0) is 11.8. The summed E-state index contributed by atoms with van der Waals surface area (Å²) in [6, 6.07) is 7.91. The van der Waals surface area contributed by atoms with Gasteiger partial charge in [0, 0.05) is 22.8 Å². The minimum atomic E-state index is 0.122.